The number of benzene rings is 1. The van der Waals surface area contributed by atoms with Gasteiger partial charge in [0.05, 0.1) is 0 Å². The molecular weight excluding hydrogens is 209 g/mol. The summed E-state index contributed by atoms with van der Waals surface area (Å²) in [6.45, 7) is 1.60. The Kier molecular flexibility index (Phi) is 3.75. The number of nitrogens with zero attached hydrogens (tertiary/aromatic N) is 1. The van der Waals surface area contributed by atoms with Crippen LogP contribution in [0.2, 0.25) is 0 Å². The molecule has 0 spiro atoms. The van der Waals surface area contributed by atoms with Crippen LogP contribution in [-0.4, -0.2) is 5.91 Å². The Morgan fingerprint density at radius 2 is 2.00 bits per heavy atom. The molecule has 0 aromatic heterocycles. The van der Waals surface area contributed by atoms with Crippen molar-refractivity contribution in [2.45, 2.75) is 6.92 Å². The van der Waals surface area contributed by atoms with Gasteiger partial charge in [0.25, 0.3) is 5.91 Å². The molecule has 1 aromatic rings. The van der Waals surface area contributed by atoms with Gasteiger partial charge in [-0.1, -0.05) is 12.1 Å². The SMILES string of the molecule is C/C(=C(/C#N)C(=O)NN)c1ccc(F)cc1. The number of nitrogens with two attached hydrogens (primary N) is 1. The van der Waals surface area contributed by atoms with Crippen molar-refractivity contribution in [1.29, 1.82) is 5.26 Å². The van der Waals surface area contributed by atoms with Gasteiger partial charge in [-0.25, -0.2) is 10.2 Å². The minimum absolute atomic E-state index is 0.0888. The molecule has 3 N–H and O–H groups in total. The van der Waals surface area contributed by atoms with Gasteiger partial charge in [-0.3, -0.25) is 10.2 Å². The molecule has 5 heteroatoms. The number of rotatable bonds is 2. The number of amides is 1. The number of hydrogen-bond donors (Lipinski definition) is 2. The van der Waals surface area contributed by atoms with Crippen molar-refractivity contribution in [2.75, 3.05) is 0 Å². The number of nitrogens with one attached hydrogen (secondary N) is 1. The number of nitriles is 1. The van der Waals surface area contributed by atoms with Gasteiger partial charge in [-0.15, -0.1) is 0 Å². The summed E-state index contributed by atoms with van der Waals surface area (Å²) in [6, 6.07) is 7.26. The normalized spacial score (nSPS) is 11.4. The maximum absolute atomic E-state index is 12.7. The largest absolute Gasteiger partial charge is 0.290 e. The Balaban J connectivity index is 3.21. The molecule has 4 nitrogen and oxygen atoms in total. The molecule has 0 saturated carbocycles. The first-order valence-corrected chi connectivity index (χ1v) is 4.48. The van der Waals surface area contributed by atoms with Crippen molar-refractivity contribution < 1.29 is 9.18 Å². The van der Waals surface area contributed by atoms with Crippen molar-refractivity contribution in [2.24, 2.45) is 5.84 Å². The molecule has 82 valence electrons. The summed E-state index contributed by atoms with van der Waals surface area (Å²) in [5.74, 6) is 3.90. The summed E-state index contributed by atoms with van der Waals surface area (Å²) in [7, 11) is 0. The van der Waals surface area contributed by atoms with E-state index in [1.165, 1.54) is 24.3 Å². The van der Waals surface area contributed by atoms with Gasteiger partial charge in [-0.05, 0) is 30.2 Å². The fourth-order valence-corrected chi connectivity index (χ4v) is 1.22. The monoisotopic (exact) mass is 219 g/mol. The Bertz CT molecular complexity index is 471. The van der Waals surface area contributed by atoms with Crippen LogP contribution in [0.3, 0.4) is 0 Å². The van der Waals surface area contributed by atoms with Crippen LogP contribution in [0.15, 0.2) is 29.8 Å². The van der Waals surface area contributed by atoms with Crippen molar-refractivity contribution in [3.05, 3.63) is 41.2 Å². The lowest BCUT2D eigenvalue weighted by molar-refractivity contribution is -0.117. The van der Waals surface area contributed by atoms with Crippen LogP contribution in [-0.2, 0) is 4.79 Å². The Morgan fingerprint density at radius 3 is 2.44 bits per heavy atom. The predicted molar refractivity (Wildman–Crippen MR) is 56.9 cm³/mol. The topological polar surface area (TPSA) is 78.9 Å². The highest BCUT2D eigenvalue weighted by molar-refractivity contribution is 6.04. The highest BCUT2D eigenvalue weighted by Gasteiger charge is 2.12. The fourth-order valence-electron chi connectivity index (χ4n) is 1.22. The minimum Gasteiger partial charge on any atom is -0.290 e. The van der Waals surface area contributed by atoms with Crippen LogP contribution in [0.25, 0.3) is 5.57 Å². The van der Waals surface area contributed by atoms with Crippen molar-refractivity contribution in [3.8, 4) is 6.07 Å². The summed E-state index contributed by atoms with van der Waals surface area (Å²) >= 11 is 0. The smallest absolute Gasteiger partial charge is 0.276 e. The van der Waals surface area contributed by atoms with E-state index in [0.29, 0.717) is 11.1 Å². The summed E-state index contributed by atoms with van der Waals surface area (Å²) in [5, 5.41) is 8.82. The van der Waals surface area contributed by atoms with Gasteiger partial charge >= 0.3 is 0 Å². The Hall–Kier alpha value is -2.19. The van der Waals surface area contributed by atoms with Gasteiger partial charge in [0, 0.05) is 0 Å². The molecule has 0 bridgehead atoms. The molecule has 16 heavy (non-hydrogen) atoms. The molecule has 0 aliphatic carbocycles. The van der Waals surface area contributed by atoms with E-state index in [1.807, 2.05) is 5.43 Å². The van der Waals surface area contributed by atoms with Crippen LogP contribution in [0.4, 0.5) is 4.39 Å². The maximum Gasteiger partial charge on any atom is 0.276 e. The van der Waals surface area contributed by atoms with Gasteiger partial charge in [0.2, 0.25) is 0 Å². The van der Waals surface area contributed by atoms with Crippen LogP contribution in [0.1, 0.15) is 12.5 Å². The zero-order valence-electron chi connectivity index (χ0n) is 8.62. The quantitative estimate of drug-likeness (QED) is 0.257. The molecule has 0 radical (unpaired) electrons. The summed E-state index contributed by atoms with van der Waals surface area (Å²) in [5.41, 5.74) is 2.84. The van der Waals surface area contributed by atoms with Crippen LogP contribution < -0.4 is 11.3 Å². The van der Waals surface area contributed by atoms with Crippen LogP contribution in [0, 0.1) is 17.1 Å². The Morgan fingerprint density at radius 1 is 1.44 bits per heavy atom. The van der Waals surface area contributed by atoms with E-state index in [1.54, 1.807) is 13.0 Å². The Labute approximate surface area is 92.1 Å². The van der Waals surface area contributed by atoms with Gasteiger partial charge in [0.15, 0.2) is 0 Å². The first-order chi connectivity index (χ1) is 7.60. The lowest BCUT2D eigenvalue weighted by Gasteiger charge is -2.04. The number of hydrazine groups is 1. The van der Waals surface area contributed by atoms with Crippen LogP contribution in [0.5, 0.6) is 0 Å². The highest BCUT2D eigenvalue weighted by Crippen LogP contribution is 2.18. The third-order valence-electron chi connectivity index (χ3n) is 2.12. The zero-order valence-corrected chi connectivity index (χ0v) is 8.62. The van der Waals surface area contributed by atoms with Crippen molar-refractivity contribution in [3.63, 3.8) is 0 Å². The molecule has 1 aromatic carbocycles. The highest BCUT2D eigenvalue weighted by atomic mass is 19.1. The summed E-state index contributed by atoms with van der Waals surface area (Å²) < 4.78 is 12.7. The van der Waals surface area contributed by atoms with E-state index in [9.17, 15) is 9.18 Å². The summed E-state index contributed by atoms with van der Waals surface area (Å²) in [4.78, 5) is 11.2. The first kappa shape index (κ1) is 11.9. The number of carbonyl (C=O) groups excluding carboxylic acids is 1. The second-order valence-corrected chi connectivity index (χ2v) is 3.09. The molecule has 0 heterocycles. The molecule has 0 aliphatic rings. The van der Waals surface area contributed by atoms with E-state index in [2.05, 4.69) is 0 Å². The third kappa shape index (κ3) is 2.43. The van der Waals surface area contributed by atoms with E-state index >= 15 is 0 Å². The number of hydrogen-bond acceptors (Lipinski definition) is 3. The molecule has 0 saturated heterocycles. The predicted octanol–water partition coefficient (Wildman–Crippen LogP) is 1.11. The van der Waals surface area contributed by atoms with E-state index < -0.39 is 5.91 Å². The van der Waals surface area contributed by atoms with Crippen molar-refractivity contribution >= 4 is 11.5 Å². The standard InChI is InChI=1S/C11H10FN3O/c1-7(10(6-13)11(16)15-14)8-2-4-9(12)5-3-8/h2-5H,14H2,1H3,(H,15,16)/b10-7+. The van der Waals surface area contributed by atoms with E-state index in [-0.39, 0.29) is 11.4 Å². The summed E-state index contributed by atoms with van der Waals surface area (Å²) in [6.07, 6.45) is 0. The zero-order chi connectivity index (χ0) is 12.1. The lowest BCUT2D eigenvalue weighted by Crippen LogP contribution is -2.31. The number of halogens is 1. The lowest BCUT2D eigenvalue weighted by atomic mass is 10.0. The van der Waals surface area contributed by atoms with Crippen molar-refractivity contribution in [1.82, 2.24) is 5.43 Å². The molecular formula is C11H10FN3O. The molecule has 0 atom stereocenters. The van der Waals surface area contributed by atoms with Gasteiger partial charge in [0.1, 0.15) is 17.5 Å². The molecule has 0 aliphatic heterocycles. The molecule has 1 rings (SSSR count). The van der Waals surface area contributed by atoms with Gasteiger partial charge < -0.3 is 0 Å². The van der Waals surface area contributed by atoms with Crippen LogP contribution >= 0.6 is 0 Å². The maximum atomic E-state index is 12.7. The minimum atomic E-state index is -0.663. The number of allylic oxidation sites excluding steroid dienone is 1. The average Bonchev–Trinajstić information content (AvgIpc) is 2.30. The van der Waals surface area contributed by atoms with E-state index in [0.717, 1.165) is 0 Å². The first-order valence-electron chi connectivity index (χ1n) is 4.48. The third-order valence-corrected chi connectivity index (χ3v) is 2.12. The second kappa shape index (κ2) is 5.05. The number of carbonyl (C=O) groups is 1. The molecule has 1 amide bonds. The van der Waals surface area contributed by atoms with Gasteiger partial charge in [-0.2, -0.15) is 5.26 Å². The van der Waals surface area contributed by atoms with E-state index in [4.69, 9.17) is 11.1 Å². The average molecular weight is 219 g/mol. The second-order valence-electron chi connectivity index (χ2n) is 3.09. The fraction of sp³-hybridized carbons (Fsp3) is 0.0909. The molecule has 0 fully saturated rings. The molecule has 0 unspecified atom stereocenters.